The smallest absolute Gasteiger partial charge is 0.255 e. The number of anilines is 1. The first-order valence-corrected chi connectivity index (χ1v) is 11.3. The molecule has 7 nitrogen and oxygen atoms in total. The number of amides is 1. The van der Waals surface area contributed by atoms with E-state index in [2.05, 4.69) is 29.5 Å². The molecule has 0 saturated carbocycles. The molecule has 1 amide bonds. The fourth-order valence-electron chi connectivity index (χ4n) is 4.90. The van der Waals surface area contributed by atoms with Crippen LogP contribution >= 0.6 is 0 Å². The summed E-state index contributed by atoms with van der Waals surface area (Å²) < 4.78 is 11.1. The number of pyridine rings is 1. The van der Waals surface area contributed by atoms with Gasteiger partial charge in [-0.25, -0.2) is 4.98 Å². The van der Waals surface area contributed by atoms with Gasteiger partial charge in [-0.15, -0.1) is 0 Å². The van der Waals surface area contributed by atoms with Gasteiger partial charge in [0.25, 0.3) is 5.91 Å². The van der Waals surface area contributed by atoms with Crippen LogP contribution in [-0.4, -0.2) is 30.9 Å². The van der Waals surface area contributed by atoms with Crippen molar-refractivity contribution in [2.75, 3.05) is 19.5 Å². The van der Waals surface area contributed by atoms with E-state index in [0.717, 1.165) is 17.0 Å². The van der Waals surface area contributed by atoms with Crippen molar-refractivity contribution in [3.63, 3.8) is 0 Å². The van der Waals surface area contributed by atoms with Gasteiger partial charge in [-0.1, -0.05) is 26.0 Å². The predicted octanol–water partition coefficient (Wildman–Crippen LogP) is 4.65. The van der Waals surface area contributed by atoms with Crippen LogP contribution < -0.4 is 20.1 Å². The highest BCUT2D eigenvalue weighted by atomic mass is 16.5. The number of methoxy groups -OCH3 is 2. The number of carbonyl (C=O) groups is 2. The number of rotatable bonds is 5. The Labute approximate surface area is 200 Å². The molecule has 1 atom stereocenters. The van der Waals surface area contributed by atoms with Gasteiger partial charge in [-0.05, 0) is 43.9 Å². The van der Waals surface area contributed by atoms with Crippen LogP contribution in [0.1, 0.15) is 50.8 Å². The Bertz CT molecular complexity index is 1230. The number of hydrogen-bond acceptors (Lipinski definition) is 6. The minimum Gasteiger partial charge on any atom is -0.497 e. The molecule has 2 aliphatic rings. The van der Waals surface area contributed by atoms with E-state index in [1.54, 1.807) is 26.4 Å². The zero-order chi connectivity index (χ0) is 24.6. The quantitative estimate of drug-likeness (QED) is 0.674. The average molecular weight is 462 g/mol. The summed E-state index contributed by atoms with van der Waals surface area (Å²) >= 11 is 0. The van der Waals surface area contributed by atoms with Crippen LogP contribution in [0.3, 0.4) is 0 Å². The third-order valence-corrected chi connectivity index (χ3v) is 6.37. The summed E-state index contributed by atoms with van der Waals surface area (Å²) in [6.07, 6.45) is 1.13. The van der Waals surface area contributed by atoms with E-state index in [4.69, 9.17) is 9.47 Å². The molecule has 0 radical (unpaired) electrons. The molecule has 2 aromatic rings. The van der Waals surface area contributed by atoms with Crippen molar-refractivity contribution in [3.8, 4) is 11.5 Å². The molecule has 1 aliphatic heterocycles. The first kappa shape index (κ1) is 23.5. The number of nitrogens with one attached hydrogen (secondary N) is 2. The summed E-state index contributed by atoms with van der Waals surface area (Å²) in [6.45, 7) is 7.92. The average Bonchev–Trinajstić information content (AvgIpc) is 2.76. The Hall–Kier alpha value is -3.61. The molecule has 1 aliphatic carbocycles. The molecule has 0 bridgehead atoms. The standard InChI is InChI=1S/C27H31N3O4/c1-15-8-7-9-22(28-15)30-26(32)23-16(2)29-19-13-27(3,4)14-20(31)25(19)24(23)18-11-10-17(33-5)12-21(18)34-6/h7-12,24,29H,13-14H2,1-6H3,(H,28,30,32)/t24-/m1/s1. The van der Waals surface area contributed by atoms with Crippen molar-refractivity contribution < 1.29 is 19.1 Å². The van der Waals surface area contributed by atoms with E-state index < -0.39 is 5.92 Å². The second-order valence-corrected chi connectivity index (χ2v) is 9.66. The number of nitrogens with zero attached hydrogens (tertiary/aromatic N) is 1. The lowest BCUT2D eigenvalue weighted by molar-refractivity contribution is -0.118. The highest BCUT2D eigenvalue weighted by Crippen LogP contribution is 2.49. The highest BCUT2D eigenvalue weighted by molar-refractivity contribution is 6.09. The molecule has 1 aromatic heterocycles. The molecule has 0 saturated heterocycles. The lowest BCUT2D eigenvalue weighted by Gasteiger charge is -2.40. The van der Waals surface area contributed by atoms with Crippen LogP contribution in [0.2, 0.25) is 0 Å². The maximum absolute atomic E-state index is 13.7. The molecule has 7 heteroatoms. The summed E-state index contributed by atoms with van der Waals surface area (Å²) in [5.41, 5.74) is 4.04. The Morgan fingerprint density at radius 1 is 1.12 bits per heavy atom. The van der Waals surface area contributed by atoms with Gasteiger partial charge in [-0.3, -0.25) is 9.59 Å². The summed E-state index contributed by atoms with van der Waals surface area (Å²) in [6, 6.07) is 10.9. The van der Waals surface area contributed by atoms with Crippen LogP contribution in [0.15, 0.2) is 58.9 Å². The van der Waals surface area contributed by atoms with Gasteiger partial charge < -0.3 is 20.1 Å². The van der Waals surface area contributed by atoms with E-state index in [1.165, 1.54) is 0 Å². The number of aryl methyl sites for hydroxylation is 1. The van der Waals surface area contributed by atoms with Crippen LogP contribution in [0, 0.1) is 12.3 Å². The number of dihydropyridines is 1. The molecule has 0 unspecified atom stereocenters. The molecule has 4 rings (SSSR count). The van der Waals surface area contributed by atoms with E-state index >= 15 is 0 Å². The Balaban J connectivity index is 1.86. The molecule has 178 valence electrons. The van der Waals surface area contributed by atoms with Gasteiger partial charge in [0, 0.05) is 46.3 Å². The van der Waals surface area contributed by atoms with Crippen LogP contribution in [0.4, 0.5) is 5.82 Å². The van der Waals surface area contributed by atoms with Gasteiger partial charge in [0.1, 0.15) is 17.3 Å². The summed E-state index contributed by atoms with van der Waals surface area (Å²) in [4.78, 5) is 31.6. The third kappa shape index (κ3) is 4.42. The topological polar surface area (TPSA) is 89.5 Å². The molecular weight excluding hydrogens is 430 g/mol. The second-order valence-electron chi connectivity index (χ2n) is 9.66. The van der Waals surface area contributed by atoms with E-state index in [1.807, 2.05) is 38.1 Å². The van der Waals surface area contributed by atoms with Crippen molar-refractivity contribution in [1.29, 1.82) is 0 Å². The maximum Gasteiger partial charge on any atom is 0.255 e. The molecule has 34 heavy (non-hydrogen) atoms. The lowest BCUT2D eigenvalue weighted by atomic mass is 9.68. The van der Waals surface area contributed by atoms with Gasteiger partial charge >= 0.3 is 0 Å². The number of ether oxygens (including phenoxy) is 2. The van der Waals surface area contributed by atoms with Gasteiger partial charge in [0.15, 0.2) is 5.78 Å². The monoisotopic (exact) mass is 461 g/mol. The van der Waals surface area contributed by atoms with Crippen molar-refractivity contribution >= 4 is 17.5 Å². The molecular formula is C27H31N3O4. The SMILES string of the molecule is COc1ccc([C@@H]2C(C(=O)Nc3cccc(C)n3)=C(C)NC3=C2C(=O)CC(C)(C)C3)c(OC)c1. The summed E-state index contributed by atoms with van der Waals surface area (Å²) in [7, 11) is 3.16. The summed E-state index contributed by atoms with van der Waals surface area (Å²) in [5, 5.41) is 6.31. The Kier molecular flexibility index (Phi) is 6.21. The second kappa shape index (κ2) is 8.97. The van der Waals surface area contributed by atoms with Crippen LogP contribution in [0.25, 0.3) is 0 Å². The zero-order valence-corrected chi connectivity index (χ0v) is 20.5. The molecule has 2 heterocycles. The van der Waals surface area contributed by atoms with Gasteiger partial charge in [-0.2, -0.15) is 0 Å². The fraction of sp³-hybridized carbons (Fsp3) is 0.370. The van der Waals surface area contributed by atoms with Crippen LogP contribution in [0.5, 0.6) is 11.5 Å². The van der Waals surface area contributed by atoms with E-state index in [0.29, 0.717) is 47.0 Å². The molecule has 2 N–H and O–H groups in total. The molecule has 0 fully saturated rings. The zero-order valence-electron chi connectivity index (χ0n) is 20.5. The largest absolute Gasteiger partial charge is 0.497 e. The van der Waals surface area contributed by atoms with Crippen molar-refractivity contribution in [2.24, 2.45) is 5.41 Å². The van der Waals surface area contributed by atoms with Gasteiger partial charge in [0.05, 0.1) is 20.1 Å². The van der Waals surface area contributed by atoms with Gasteiger partial charge in [0.2, 0.25) is 0 Å². The first-order valence-electron chi connectivity index (χ1n) is 11.3. The number of ketones is 1. The number of hydrogen-bond donors (Lipinski definition) is 2. The Morgan fingerprint density at radius 2 is 1.88 bits per heavy atom. The number of aromatic nitrogens is 1. The lowest BCUT2D eigenvalue weighted by Crippen LogP contribution is -2.39. The minimum absolute atomic E-state index is 0.0353. The van der Waals surface area contributed by atoms with Crippen molar-refractivity contribution in [1.82, 2.24) is 10.3 Å². The predicted molar refractivity (Wildman–Crippen MR) is 131 cm³/mol. The van der Waals surface area contributed by atoms with Crippen molar-refractivity contribution in [2.45, 2.75) is 46.5 Å². The number of Topliss-reactive ketones (excluding diaryl/α,β-unsaturated/α-hetero) is 1. The Morgan fingerprint density at radius 3 is 2.56 bits per heavy atom. The van der Waals surface area contributed by atoms with E-state index in [-0.39, 0.29) is 17.1 Å². The third-order valence-electron chi connectivity index (χ3n) is 6.37. The molecule has 0 spiro atoms. The highest BCUT2D eigenvalue weighted by Gasteiger charge is 2.43. The maximum atomic E-state index is 13.7. The molecule has 1 aromatic carbocycles. The minimum atomic E-state index is -0.578. The number of benzene rings is 1. The fourth-order valence-corrected chi connectivity index (χ4v) is 4.90. The van der Waals surface area contributed by atoms with Crippen LogP contribution in [-0.2, 0) is 9.59 Å². The first-order chi connectivity index (χ1) is 16.1. The number of allylic oxidation sites excluding steroid dienone is 3. The van der Waals surface area contributed by atoms with E-state index in [9.17, 15) is 9.59 Å². The normalized spacial score (nSPS) is 19.4. The number of carbonyl (C=O) groups excluding carboxylic acids is 2. The summed E-state index contributed by atoms with van der Waals surface area (Å²) in [5.74, 6) is 0.799. The van der Waals surface area contributed by atoms with Crippen molar-refractivity contribution in [3.05, 3.63) is 70.2 Å².